The monoisotopic (exact) mass is 238 g/mol. The highest BCUT2D eigenvalue weighted by Crippen LogP contribution is 2.09. The van der Waals surface area contributed by atoms with E-state index in [1.54, 1.807) is 6.33 Å². The van der Waals surface area contributed by atoms with E-state index in [1.165, 1.54) is 0 Å². The lowest BCUT2D eigenvalue weighted by Gasteiger charge is -2.14. The summed E-state index contributed by atoms with van der Waals surface area (Å²) in [5, 5.41) is 6.51. The van der Waals surface area contributed by atoms with Crippen molar-refractivity contribution in [3.05, 3.63) is 12.4 Å². The van der Waals surface area contributed by atoms with Crippen LogP contribution in [0.5, 0.6) is 0 Å². The standard InChI is InChI=1S/C12H22N4O/c1-4-6-13-11-7-12(15-9-14-11)16-10(3)8-17-5-2/h7,9-10H,4-6,8H2,1-3H3,(H2,13,14,15,16). The van der Waals surface area contributed by atoms with Crippen molar-refractivity contribution in [3.8, 4) is 0 Å². The maximum absolute atomic E-state index is 5.34. The lowest BCUT2D eigenvalue weighted by atomic mass is 10.3. The molecule has 1 aromatic rings. The van der Waals surface area contributed by atoms with Crippen molar-refractivity contribution in [1.82, 2.24) is 9.97 Å². The Morgan fingerprint density at radius 2 is 2.06 bits per heavy atom. The molecule has 1 rings (SSSR count). The molecule has 0 saturated carbocycles. The second-order valence-electron chi connectivity index (χ2n) is 3.92. The highest BCUT2D eigenvalue weighted by molar-refractivity contribution is 5.46. The van der Waals surface area contributed by atoms with Crippen LogP contribution in [0.1, 0.15) is 27.2 Å². The average molecular weight is 238 g/mol. The van der Waals surface area contributed by atoms with Crippen LogP contribution in [0.2, 0.25) is 0 Å². The van der Waals surface area contributed by atoms with Crippen LogP contribution in [-0.2, 0) is 4.74 Å². The number of aromatic nitrogens is 2. The number of nitrogens with one attached hydrogen (secondary N) is 2. The van der Waals surface area contributed by atoms with E-state index in [0.29, 0.717) is 6.61 Å². The van der Waals surface area contributed by atoms with Gasteiger partial charge in [-0.2, -0.15) is 0 Å². The van der Waals surface area contributed by atoms with Gasteiger partial charge >= 0.3 is 0 Å². The Kier molecular flexibility index (Phi) is 6.32. The molecule has 0 aliphatic rings. The molecular weight excluding hydrogens is 216 g/mol. The van der Waals surface area contributed by atoms with Crippen molar-refractivity contribution in [2.45, 2.75) is 33.2 Å². The Labute approximate surface area is 103 Å². The first-order valence-electron chi connectivity index (χ1n) is 6.16. The molecular formula is C12H22N4O. The Balaban J connectivity index is 2.47. The van der Waals surface area contributed by atoms with Gasteiger partial charge in [0.1, 0.15) is 18.0 Å². The lowest BCUT2D eigenvalue weighted by molar-refractivity contribution is 0.141. The second-order valence-corrected chi connectivity index (χ2v) is 3.92. The summed E-state index contributed by atoms with van der Waals surface area (Å²) < 4.78 is 5.34. The molecule has 5 heteroatoms. The summed E-state index contributed by atoms with van der Waals surface area (Å²) in [6, 6.07) is 2.15. The summed E-state index contributed by atoms with van der Waals surface area (Å²) in [6.45, 7) is 8.51. The number of nitrogens with zero attached hydrogens (tertiary/aromatic N) is 2. The Bertz CT molecular complexity index is 319. The third-order valence-corrected chi connectivity index (χ3v) is 2.19. The number of anilines is 2. The highest BCUT2D eigenvalue weighted by atomic mass is 16.5. The fourth-order valence-electron chi connectivity index (χ4n) is 1.37. The van der Waals surface area contributed by atoms with Crippen molar-refractivity contribution in [2.75, 3.05) is 30.4 Å². The van der Waals surface area contributed by atoms with Crippen molar-refractivity contribution in [2.24, 2.45) is 0 Å². The van der Waals surface area contributed by atoms with Crippen molar-refractivity contribution in [3.63, 3.8) is 0 Å². The first kappa shape index (κ1) is 13.7. The second kappa shape index (κ2) is 7.84. The van der Waals surface area contributed by atoms with Crippen LogP contribution in [0.3, 0.4) is 0 Å². The van der Waals surface area contributed by atoms with E-state index in [0.717, 1.165) is 31.2 Å². The van der Waals surface area contributed by atoms with Crippen molar-refractivity contribution < 1.29 is 4.74 Å². The smallest absolute Gasteiger partial charge is 0.131 e. The minimum Gasteiger partial charge on any atom is -0.380 e. The van der Waals surface area contributed by atoms with Crippen LogP contribution in [-0.4, -0.2) is 35.8 Å². The average Bonchev–Trinajstić information content (AvgIpc) is 2.34. The normalized spacial score (nSPS) is 12.2. The van der Waals surface area contributed by atoms with Crippen molar-refractivity contribution >= 4 is 11.6 Å². The molecule has 17 heavy (non-hydrogen) atoms. The van der Waals surface area contributed by atoms with Gasteiger partial charge in [-0.1, -0.05) is 6.92 Å². The maximum Gasteiger partial charge on any atom is 0.131 e. The lowest BCUT2D eigenvalue weighted by Crippen LogP contribution is -2.22. The molecule has 0 aromatic carbocycles. The van der Waals surface area contributed by atoms with Gasteiger partial charge < -0.3 is 15.4 Å². The van der Waals surface area contributed by atoms with E-state index in [1.807, 2.05) is 13.0 Å². The summed E-state index contributed by atoms with van der Waals surface area (Å²) in [6.07, 6.45) is 2.64. The quantitative estimate of drug-likeness (QED) is 0.726. The van der Waals surface area contributed by atoms with Gasteiger partial charge in [-0.25, -0.2) is 9.97 Å². The summed E-state index contributed by atoms with van der Waals surface area (Å²) in [5.74, 6) is 1.68. The third kappa shape index (κ3) is 5.49. The fraction of sp³-hybridized carbons (Fsp3) is 0.667. The predicted molar refractivity (Wildman–Crippen MR) is 70.4 cm³/mol. The molecule has 0 bridgehead atoms. The number of rotatable bonds is 8. The van der Waals surface area contributed by atoms with Crippen LogP contribution in [0.15, 0.2) is 12.4 Å². The number of ether oxygens (including phenoxy) is 1. The fourth-order valence-corrected chi connectivity index (χ4v) is 1.37. The van der Waals surface area contributed by atoms with Gasteiger partial charge in [-0.15, -0.1) is 0 Å². The molecule has 1 heterocycles. The van der Waals surface area contributed by atoms with E-state index in [2.05, 4.69) is 34.4 Å². The molecule has 0 amide bonds. The zero-order chi connectivity index (χ0) is 12.5. The first-order chi connectivity index (χ1) is 8.26. The van der Waals surface area contributed by atoms with Crippen LogP contribution in [0, 0.1) is 0 Å². The number of hydrogen-bond acceptors (Lipinski definition) is 5. The molecule has 96 valence electrons. The topological polar surface area (TPSA) is 59.1 Å². The molecule has 0 radical (unpaired) electrons. The van der Waals surface area contributed by atoms with Gasteiger partial charge in [0.2, 0.25) is 0 Å². The molecule has 2 N–H and O–H groups in total. The predicted octanol–water partition coefficient (Wildman–Crippen LogP) is 2.14. The molecule has 1 aromatic heterocycles. The van der Waals surface area contributed by atoms with Crippen LogP contribution >= 0.6 is 0 Å². The van der Waals surface area contributed by atoms with Gasteiger partial charge in [0.05, 0.1) is 6.61 Å². The molecule has 1 atom stereocenters. The molecule has 0 fully saturated rings. The Morgan fingerprint density at radius 1 is 1.29 bits per heavy atom. The minimum absolute atomic E-state index is 0.240. The zero-order valence-electron chi connectivity index (χ0n) is 10.9. The van der Waals surface area contributed by atoms with Gasteiger partial charge in [0.15, 0.2) is 0 Å². The van der Waals surface area contributed by atoms with Gasteiger partial charge in [0, 0.05) is 25.3 Å². The molecule has 0 aliphatic heterocycles. The van der Waals surface area contributed by atoms with E-state index in [-0.39, 0.29) is 6.04 Å². The summed E-state index contributed by atoms with van der Waals surface area (Å²) in [4.78, 5) is 8.33. The molecule has 0 spiro atoms. The van der Waals surface area contributed by atoms with E-state index < -0.39 is 0 Å². The Morgan fingerprint density at radius 3 is 2.76 bits per heavy atom. The summed E-state index contributed by atoms with van der Waals surface area (Å²) in [7, 11) is 0. The van der Waals surface area contributed by atoms with E-state index >= 15 is 0 Å². The van der Waals surface area contributed by atoms with Gasteiger partial charge in [-0.3, -0.25) is 0 Å². The van der Waals surface area contributed by atoms with E-state index in [9.17, 15) is 0 Å². The summed E-state index contributed by atoms with van der Waals surface area (Å²) in [5.41, 5.74) is 0. The van der Waals surface area contributed by atoms with Crippen LogP contribution in [0.25, 0.3) is 0 Å². The summed E-state index contributed by atoms with van der Waals surface area (Å²) >= 11 is 0. The molecule has 5 nitrogen and oxygen atoms in total. The molecule has 0 aliphatic carbocycles. The first-order valence-corrected chi connectivity index (χ1v) is 6.16. The Hall–Kier alpha value is -1.36. The van der Waals surface area contributed by atoms with Gasteiger partial charge in [0.25, 0.3) is 0 Å². The van der Waals surface area contributed by atoms with Crippen molar-refractivity contribution in [1.29, 1.82) is 0 Å². The third-order valence-electron chi connectivity index (χ3n) is 2.19. The minimum atomic E-state index is 0.240. The van der Waals surface area contributed by atoms with E-state index in [4.69, 9.17) is 4.74 Å². The number of hydrogen-bond donors (Lipinski definition) is 2. The maximum atomic E-state index is 5.34. The SMILES string of the molecule is CCCNc1cc(NC(C)COCC)ncn1. The molecule has 1 unspecified atom stereocenters. The zero-order valence-corrected chi connectivity index (χ0v) is 10.9. The van der Waals surface area contributed by atoms with Crippen LogP contribution in [0.4, 0.5) is 11.6 Å². The molecule has 0 saturated heterocycles. The van der Waals surface area contributed by atoms with Crippen LogP contribution < -0.4 is 10.6 Å². The largest absolute Gasteiger partial charge is 0.380 e. The van der Waals surface area contributed by atoms with Gasteiger partial charge in [-0.05, 0) is 20.3 Å². The highest BCUT2D eigenvalue weighted by Gasteiger charge is 2.03.